The third kappa shape index (κ3) is 4.58. The topological polar surface area (TPSA) is 126 Å². The summed E-state index contributed by atoms with van der Waals surface area (Å²) in [6, 6.07) is 8.90. The van der Waals surface area contributed by atoms with Crippen molar-refractivity contribution in [2.75, 3.05) is 25.1 Å². The second-order valence-electron chi connectivity index (χ2n) is 7.15. The first kappa shape index (κ1) is 22.1. The number of aliphatic imine (C=N–C) groups is 1. The number of carbonyl (C=O) groups is 1. The van der Waals surface area contributed by atoms with Gasteiger partial charge in [-0.15, -0.1) is 0 Å². The number of pyridine rings is 1. The highest BCUT2D eigenvalue weighted by molar-refractivity contribution is 6.21. The van der Waals surface area contributed by atoms with E-state index >= 15 is 0 Å². The van der Waals surface area contributed by atoms with Crippen LogP contribution in [0.2, 0.25) is 0 Å². The van der Waals surface area contributed by atoms with E-state index in [0.717, 1.165) is 11.1 Å². The van der Waals surface area contributed by atoms with Crippen molar-refractivity contribution >= 4 is 41.2 Å². The number of aromatic hydroxyl groups is 1. The van der Waals surface area contributed by atoms with Gasteiger partial charge in [0.25, 0.3) is 0 Å². The zero-order chi connectivity index (χ0) is 23.4. The molecule has 3 N–H and O–H groups in total. The number of benzene rings is 1. The van der Waals surface area contributed by atoms with Crippen LogP contribution in [-0.4, -0.2) is 47.2 Å². The molecule has 1 aliphatic rings. The molecule has 0 fully saturated rings. The van der Waals surface area contributed by atoms with E-state index < -0.39 is 5.97 Å². The Kier molecular flexibility index (Phi) is 6.41. The van der Waals surface area contributed by atoms with E-state index in [9.17, 15) is 9.90 Å². The van der Waals surface area contributed by atoms with E-state index in [0.29, 0.717) is 22.8 Å². The molecule has 0 spiro atoms. The normalized spacial score (nSPS) is 13.2. The quantitative estimate of drug-likeness (QED) is 0.436. The number of carbonyl (C=O) groups excluding carboxylic acids is 1. The number of nitrogens with zero attached hydrogens (tertiary/aromatic N) is 2. The van der Waals surface area contributed by atoms with Crippen molar-refractivity contribution in [2.24, 2.45) is 4.99 Å². The van der Waals surface area contributed by atoms with Gasteiger partial charge in [-0.05, 0) is 55.8 Å². The summed E-state index contributed by atoms with van der Waals surface area (Å²) in [6.07, 6.45) is 4.86. The van der Waals surface area contributed by atoms with Crippen molar-refractivity contribution in [3.63, 3.8) is 0 Å². The van der Waals surface area contributed by atoms with Crippen LogP contribution in [0.15, 0.2) is 45.9 Å². The van der Waals surface area contributed by atoms with Crippen molar-refractivity contribution in [3.05, 3.63) is 59.0 Å². The second-order valence-corrected chi connectivity index (χ2v) is 7.15. The van der Waals surface area contributed by atoms with E-state index in [1.165, 1.54) is 0 Å². The molecule has 3 heterocycles. The number of hydrogen-bond donors (Lipinski definition) is 3. The number of rotatable bonds is 8. The average molecular weight is 449 g/mol. The Morgan fingerprint density at radius 1 is 1.30 bits per heavy atom. The van der Waals surface area contributed by atoms with Crippen molar-refractivity contribution in [2.45, 2.75) is 13.8 Å². The molecule has 0 amide bonds. The number of fused-ring (bicyclic) bond motifs is 1. The summed E-state index contributed by atoms with van der Waals surface area (Å²) in [5, 5.41) is 22.8. The van der Waals surface area contributed by atoms with Crippen LogP contribution in [0.25, 0.3) is 11.6 Å². The summed E-state index contributed by atoms with van der Waals surface area (Å²) in [5.41, 5.74) is 2.81. The molecule has 0 radical (unpaired) electrons. The Morgan fingerprint density at radius 2 is 2.15 bits per heavy atom. The summed E-state index contributed by atoms with van der Waals surface area (Å²) < 4.78 is 16.4. The highest BCUT2D eigenvalue weighted by atomic mass is 16.5. The molecule has 170 valence electrons. The fraction of sp³-hybridized carbons (Fsp3) is 0.208. The fourth-order valence-electron chi connectivity index (χ4n) is 3.35. The van der Waals surface area contributed by atoms with Gasteiger partial charge in [-0.3, -0.25) is 0 Å². The molecule has 4 rings (SSSR count). The molecule has 0 saturated heterocycles. The molecule has 1 aromatic carbocycles. The van der Waals surface area contributed by atoms with Gasteiger partial charge in [0.05, 0.1) is 13.2 Å². The number of ether oxygens (including phenoxy) is 2. The lowest BCUT2D eigenvalue weighted by atomic mass is 10.1. The Hall–Kier alpha value is -4.11. The number of hydrogen-bond acceptors (Lipinski definition) is 9. The smallest absolute Gasteiger partial charge is 0.347 e. The highest BCUT2D eigenvalue weighted by Crippen LogP contribution is 2.40. The lowest BCUT2D eigenvalue weighted by Crippen LogP contribution is -2.07. The number of allylic oxidation sites excluding steroid dienone is 1. The van der Waals surface area contributed by atoms with Crippen molar-refractivity contribution in [1.82, 2.24) is 4.98 Å². The van der Waals surface area contributed by atoms with Crippen LogP contribution in [0.4, 0.5) is 17.4 Å². The zero-order valence-electron chi connectivity index (χ0n) is 18.2. The van der Waals surface area contributed by atoms with Gasteiger partial charge in [0.1, 0.15) is 12.4 Å². The maximum atomic E-state index is 12.6. The van der Waals surface area contributed by atoms with Crippen LogP contribution >= 0.6 is 0 Å². The van der Waals surface area contributed by atoms with Crippen LogP contribution in [0.1, 0.15) is 34.2 Å². The van der Waals surface area contributed by atoms with E-state index in [4.69, 9.17) is 19.0 Å². The number of aromatic nitrogens is 1. The van der Waals surface area contributed by atoms with Gasteiger partial charge >= 0.3 is 5.97 Å². The van der Waals surface area contributed by atoms with Gasteiger partial charge in [-0.1, -0.05) is 0 Å². The number of aliphatic hydroxyl groups excluding tert-OH is 1. The van der Waals surface area contributed by atoms with Gasteiger partial charge in [0, 0.05) is 29.2 Å². The summed E-state index contributed by atoms with van der Waals surface area (Å²) in [7, 11) is 0. The molecule has 9 heteroatoms. The third-order valence-corrected chi connectivity index (χ3v) is 4.91. The number of aryl methyl sites for hydroxylation is 1. The molecule has 3 aromatic rings. The van der Waals surface area contributed by atoms with Gasteiger partial charge in [0.2, 0.25) is 5.88 Å². The molecule has 1 aliphatic heterocycles. The molecule has 0 aliphatic carbocycles. The zero-order valence-corrected chi connectivity index (χ0v) is 18.2. The highest BCUT2D eigenvalue weighted by Gasteiger charge is 2.27. The van der Waals surface area contributed by atoms with Gasteiger partial charge in [-0.2, -0.15) is 0 Å². The Labute approximate surface area is 190 Å². The minimum atomic E-state index is -0.714. The molecule has 33 heavy (non-hydrogen) atoms. The predicted molar refractivity (Wildman–Crippen MR) is 124 cm³/mol. The first-order valence-corrected chi connectivity index (χ1v) is 10.4. The second kappa shape index (κ2) is 9.58. The Balaban J connectivity index is 1.70. The Morgan fingerprint density at radius 3 is 2.91 bits per heavy atom. The maximum absolute atomic E-state index is 12.6. The summed E-state index contributed by atoms with van der Waals surface area (Å²) in [5.74, 6) is 0.241. The molecule has 9 nitrogen and oxygen atoms in total. The van der Waals surface area contributed by atoms with Crippen molar-refractivity contribution in [3.8, 4) is 11.5 Å². The van der Waals surface area contributed by atoms with Crippen LogP contribution in [0.3, 0.4) is 0 Å². The largest absolute Gasteiger partial charge is 0.504 e. The van der Waals surface area contributed by atoms with Crippen LogP contribution < -0.4 is 10.1 Å². The first-order valence-electron chi connectivity index (χ1n) is 10.4. The molecule has 0 atom stereocenters. The van der Waals surface area contributed by atoms with E-state index in [1.54, 1.807) is 49.7 Å². The van der Waals surface area contributed by atoms with Gasteiger partial charge in [0.15, 0.2) is 22.9 Å². The summed E-state index contributed by atoms with van der Waals surface area (Å²) in [4.78, 5) is 21.0. The van der Waals surface area contributed by atoms with Crippen LogP contribution in [0.5, 0.6) is 11.5 Å². The molecule has 0 bridgehead atoms. The number of esters is 1. The fourth-order valence-corrected chi connectivity index (χ4v) is 3.35. The average Bonchev–Trinajstić information content (AvgIpc) is 3.35. The van der Waals surface area contributed by atoms with Gasteiger partial charge < -0.3 is 29.4 Å². The van der Waals surface area contributed by atoms with Crippen molar-refractivity contribution in [1.29, 1.82) is 0 Å². The lowest BCUT2D eigenvalue weighted by molar-refractivity contribution is 0.0524. The monoisotopic (exact) mass is 449 g/mol. The van der Waals surface area contributed by atoms with E-state index in [1.807, 2.05) is 13.0 Å². The summed E-state index contributed by atoms with van der Waals surface area (Å²) in [6.45, 7) is 3.77. The maximum Gasteiger partial charge on any atom is 0.347 e. The van der Waals surface area contributed by atoms with Crippen molar-refractivity contribution < 1.29 is 28.9 Å². The summed E-state index contributed by atoms with van der Waals surface area (Å²) >= 11 is 0. The van der Waals surface area contributed by atoms with Crippen LogP contribution in [-0.2, 0) is 4.74 Å². The molecule has 0 saturated carbocycles. The van der Waals surface area contributed by atoms with Gasteiger partial charge in [-0.25, -0.2) is 14.8 Å². The van der Waals surface area contributed by atoms with Crippen LogP contribution in [0, 0.1) is 6.92 Å². The minimum absolute atomic E-state index is 0.0475. The predicted octanol–water partition coefficient (Wildman–Crippen LogP) is 4.24. The number of nitrogens with one attached hydrogen (secondary N) is 1. The van der Waals surface area contributed by atoms with E-state index in [2.05, 4.69) is 15.3 Å². The number of furan rings is 1. The standard InChI is InChI=1S/C24H23N3O6/c1-3-31-24(30)20-21(29)19(12-15-13-26-22-17(15)5-4-8-25-22)33-23(20)27-18-7-6-16(11-14(18)2)32-10-9-28/h4-8,11-13,27-29H,3,9-10H2,1-2H3. The molecule has 2 aromatic heterocycles. The number of aliphatic hydroxyl groups is 1. The molecule has 0 unspecified atom stereocenters. The first-order chi connectivity index (χ1) is 16.0. The minimum Gasteiger partial charge on any atom is -0.504 e. The molecular weight excluding hydrogens is 426 g/mol. The van der Waals surface area contributed by atoms with E-state index in [-0.39, 0.29) is 42.8 Å². The molecular formula is C24H23N3O6. The Bertz CT molecular complexity index is 1240. The SMILES string of the molecule is CCOC(=O)c1c(Nc2ccc(OCCO)cc2C)oc(C=C2C=Nc3ncccc32)c1O. The third-order valence-electron chi connectivity index (χ3n) is 4.91. The number of anilines is 2. The lowest BCUT2D eigenvalue weighted by Gasteiger charge is -2.11.